The number of Topliss-reactive ketones (excluding diaryl/α,β-unsaturated/α-hetero) is 1. The first-order chi connectivity index (χ1) is 16.0. The number of rotatable bonds is 7. The van der Waals surface area contributed by atoms with Gasteiger partial charge in [-0.2, -0.15) is 0 Å². The van der Waals surface area contributed by atoms with Gasteiger partial charge >= 0.3 is 5.97 Å². The van der Waals surface area contributed by atoms with Crippen molar-refractivity contribution < 1.29 is 35.8 Å². The molecule has 2 aromatic rings. The highest BCUT2D eigenvalue weighted by atomic mass is 79.9. The SMILES string of the molecule is O=C(C[N+]12CCC(CC1)[C@@H](OC(=O)[C@H](c1ccccc1)N1CCCCC1)C2)c1ccc(Cl)s1.[Br-]. The molecule has 1 aromatic heterocycles. The normalized spacial score (nSPS) is 27.6. The molecule has 0 unspecified atom stereocenters. The number of hydrogen-bond acceptors (Lipinski definition) is 5. The van der Waals surface area contributed by atoms with Crippen molar-refractivity contribution in [3.8, 4) is 0 Å². The van der Waals surface area contributed by atoms with Gasteiger partial charge < -0.3 is 26.2 Å². The Bertz CT molecular complexity index is 987. The van der Waals surface area contributed by atoms with E-state index in [9.17, 15) is 9.59 Å². The minimum Gasteiger partial charge on any atom is -1.00 e. The average Bonchev–Trinajstić information content (AvgIpc) is 3.28. The van der Waals surface area contributed by atoms with Gasteiger partial charge in [-0.05, 0) is 43.6 Å². The molecule has 4 aliphatic rings. The number of nitrogens with zero attached hydrogens (tertiary/aromatic N) is 2. The fourth-order valence-corrected chi connectivity index (χ4v) is 6.92. The quantitative estimate of drug-likeness (QED) is 0.292. The molecule has 1 aromatic carbocycles. The number of carbonyl (C=O) groups excluding carboxylic acids is 2. The molecule has 0 spiro atoms. The number of quaternary nitrogens is 1. The van der Waals surface area contributed by atoms with E-state index in [0.717, 1.165) is 73.3 Å². The van der Waals surface area contributed by atoms with Crippen LogP contribution >= 0.6 is 22.9 Å². The maximum Gasteiger partial charge on any atom is 0.328 e. The van der Waals surface area contributed by atoms with Crippen molar-refractivity contribution in [2.24, 2.45) is 5.92 Å². The number of esters is 1. The Morgan fingerprint density at radius 1 is 1.06 bits per heavy atom. The number of piperidine rings is 4. The van der Waals surface area contributed by atoms with Gasteiger partial charge in [0, 0.05) is 18.8 Å². The molecule has 6 rings (SSSR count). The standard InChI is InChI=1S/C26H32ClN2O3S.BrH/c27-24-10-9-23(33-24)21(30)17-29-15-11-19(12-16-29)22(18-29)32-26(31)25(20-7-3-1-4-8-20)28-13-5-2-6-14-28;/h1,3-4,7-10,19,22,25H,2,5-6,11-18H2;1H/q+1;/p-1/t19?,22-,25-,29?;/m0./s1. The van der Waals surface area contributed by atoms with E-state index >= 15 is 0 Å². The molecule has 5 nitrogen and oxygen atoms in total. The summed E-state index contributed by atoms with van der Waals surface area (Å²) >= 11 is 7.40. The molecule has 184 valence electrons. The molecule has 2 atom stereocenters. The van der Waals surface area contributed by atoms with Crippen LogP contribution in [0.5, 0.6) is 0 Å². The Hall–Kier alpha value is -1.25. The number of carbonyl (C=O) groups is 2. The first-order valence-electron chi connectivity index (χ1n) is 12.2. The Balaban J connectivity index is 0.00000274. The van der Waals surface area contributed by atoms with E-state index in [-0.39, 0.29) is 40.9 Å². The summed E-state index contributed by atoms with van der Waals surface area (Å²) in [6.07, 6.45) is 5.37. The number of ether oxygens (including phenoxy) is 1. The third-order valence-electron chi connectivity index (χ3n) is 7.73. The van der Waals surface area contributed by atoms with Gasteiger partial charge in [0.05, 0.1) is 22.3 Å². The number of likely N-dealkylation sites (tertiary alicyclic amines) is 1. The lowest BCUT2D eigenvalue weighted by molar-refractivity contribution is -0.938. The molecular formula is C26H32BrClN2O3S. The van der Waals surface area contributed by atoms with Gasteiger partial charge in [-0.1, -0.05) is 48.4 Å². The van der Waals surface area contributed by atoms with Crippen LogP contribution in [-0.4, -0.2) is 66.5 Å². The number of fused-ring (bicyclic) bond motifs is 3. The minimum absolute atomic E-state index is 0. The maximum atomic E-state index is 13.6. The molecule has 4 aliphatic heterocycles. The van der Waals surface area contributed by atoms with E-state index in [2.05, 4.69) is 4.90 Å². The fourth-order valence-electron chi connectivity index (χ4n) is 5.95. The molecule has 4 saturated heterocycles. The summed E-state index contributed by atoms with van der Waals surface area (Å²) in [4.78, 5) is 29.6. The van der Waals surface area contributed by atoms with Gasteiger partial charge in [-0.15, -0.1) is 11.3 Å². The van der Waals surface area contributed by atoms with E-state index in [1.807, 2.05) is 36.4 Å². The molecule has 0 N–H and O–H groups in total. The van der Waals surface area contributed by atoms with Crippen LogP contribution in [0.1, 0.15) is 53.4 Å². The van der Waals surface area contributed by atoms with Gasteiger partial charge in [0.15, 0.2) is 6.10 Å². The zero-order valence-corrected chi connectivity index (χ0v) is 22.5. The molecular weight excluding hydrogens is 536 g/mol. The fraction of sp³-hybridized carbons (Fsp3) is 0.538. The van der Waals surface area contributed by atoms with Crippen LogP contribution in [-0.2, 0) is 9.53 Å². The summed E-state index contributed by atoms with van der Waals surface area (Å²) in [5.74, 6) is 0.419. The summed E-state index contributed by atoms with van der Waals surface area (Å²) in [6, 6.07) is 13.3. The molecule has 5 heterocycles. The van der Waals surface area contributed by atoms with Crippen LogP contribution in [0.4, 0.5) is 0 Å². The third kappa shape index (κ3) is 5.59. The minimum atomic E-state index is -0.342. The molecule has 0 aliphatic carbocycles. The number of benzene rings is 1. The van der Waals surface area contributed by atoms with E-state index in [0.29, 0.717) is 16.8 Å². The van der Waals surface area contributed by atoms with Gasteiger partial charge in [0.25, 0.3) is 0 Å². The molecule has 0 saturated carbocycles. The summed E-state index contributed by atoms with van der Waals surface area (Å²) in [7, 11) is 0. The van der Waals surface area contributed by atoms with Gasteiger partial charge in [0.1, 0.15) is 19.1 Å². The molecule has 8 heteroatoms. The van der Waals surface area contributed by atoms with Crippen molar-refractivity contribution in [3.63, 3.8) is 0 Å². The summed E-state index contributed by atoms with van der Waals surface area (Å²) in [6.45, 7) is 5.03. The Kier molecular flexibility index (Phi) is 8.52. The van der Waals surface area contributed by atoms with Crippen LogP contribution in [0.15, 0.2) is 42.5 Å². The monoisotopic (exact) mass is 566 g/mol. The Morgan fingerprint density at radius 3 is 2.41 bits per heavy atom. The van der Waals surface area contributed by atoms with E-state index in [1.165, 1.54) is 17.8 Å². The topological polar surface area (TPSA) is 46.6 Å². The highest BCUT2D eigenvalue weighted by Crippen LogP contribution is 2.37. The zero-order chi connectivity index (χ0) is 22.8. The lowest BCUT2D eigenvalue weighted by Gasteiger charge is -2.51. The molecule has 4 fully saturated rings. The van der Waals surface area contributed by atoms with E-state index in [4.69, 9.17) is 16.3 Å². The number of thiophene rings is 1. The van der Waals surface area contributed by atoms with Crippen molar-refractivity contribution in [3.05, 3.63) is 57.2 Å². The van der Waals surface area contributed by atoms with Crippen molar-refractivity contribution in [2.75, 3.05) is 39.3 Å². The van der Waals surface area contributed by atoms with Crippen LogP contribution in [0.25, 0.3) is 0 Å². The first kappa shape index (κ1) is 25.8. The molecule has 0 radical (unpaired) electrons. The van der Waals surface area contributed by atoms with Gasteiger partial charge in [-0.3, -0.25) is 9.69 Å². The first-order valence-corrected chi connectivity index (χ1v) is 13.4. The second kappa shape index (κ2) is 11.2. The van der Waals surface area contributed by atoms with Crippen LogP contribution in [0.2, 0.25) is 4.34 Å². The Morgan fingerprint density at radius 2 is 1.76 bits per heavy atom. The van der Waals surface area contributed by atoms with Crippen molar-refractivity contribution in [2.45, 2.75) is 44.2 Å². The Labute approximate surface area is 221 Å². The molecule has 2 bridgehead atoms. The predicted octanol–water partition coefficient (Wildman–Crippen LogP) is 1.97. The van der Waals surface area contributed by atoms with Crippen molar-refractivity contribution in [1.82, 2.24) is 4.90 Å². The lowest BCUT2D eigenvalue weighted by Crippen LogP contribution is -3.00. The summed E-state index contributed by atoms with van der Waals surface area (Å²) in [5.41, 5.74) is 1.01. The van der Waals surface area contributed by atoms with Crippen LogP contribution in [0, 0.1) is 5.92 Å². The van der Waals surface area contributed by atoms with E-state index < -0.39 is 0 Å². The number of halogens is 2. The smallest absolute Gasteiger partial charge is 0.328 e. The number of hydrogen-bond donors (Lipinski definition) is 0. The van der Waals surface area contributed by atoms with Crippen molar-refractivity contribution >= 4 is 34.7 Å². The zero-order valence-electron chi connectivity index (χ0n) is 19.3. The highest BCUT2D eigenvalue weighted by molar-refractivity contribution is 7.18. The van der Waals surface area contributed by atoms with E-state index in [1.54, 1.807) is 6.07 Å². The lowest BCUT2D eigenvalue weighted by atomic mass is 9.83. The van der Waals surface area contributed by atoms with Crippen molar-refractivity contribution in [1.29, 1.82) is 0 Å². The summed E-state index contributed by atoms with van der Waals surface area (Å²) in [5, 5.41) is 0. The van der Waals surface area contributed by atoms with Crippen LogP contribution in [0.3, 0.4) is 0 Å². The second-order valence-electron chi connectivity index (χ2n) is 9.88. The largest absolute Gasteiger partial charge is 1.00 e. The van der Waals surface area contributed by atoms with Gasteiger partial charge in [-0.25, -0.2) is 4.79 Å². The highest BCUT2D eigenvalue weighted by Gasteiger charge is 2.49. The third-order valence-corrected chi connectivity index (χ3v) is 9.00. The number of ketones is 1. The predicted molar refractivity (Wildman–Crippen MR) is 131 cm³/mol. The summed E-state index contributed by atoms with van der Waals surface area (Å²) < 4.78 is 7.66. The maximum absolute atomic E-state index is 13.6. The van der Waals surface area contributed by atoms with Crippen LogP contribution < -0.4 is 17.0 Å². The van der Waals surface area contributed by atoms with Gasteiger partial charge in [0.2, 0.25) is 5.78 Å². The molecule has 0 amide bonds. The molecule has 34 heavy (non-hydrogen) atoms. The average molecular weight is 568 g/mol. The second-order valence-corrected chi connectivity index (χ2v) is 11.6.